The number of halogens is 1. The van der Waals surface area contributed by atoms with Gasteiger partial charge in [-0.25, -0.2) is 13.9 Å². The Morgan fingerprint density at radius 2 is 1.96 bits per heavy atom. The van der Waals surface area contributed by atoms with Gasteiger partial charge in [-0.3, -0.25) is 9.48 Å². The van der Waals surface area contributed by atoms with Gasteiger partial charge >= 0.3 is 0 Å². The highest BCUT2D eigenvalue weighted by atomic mass is 19.1. The van der Waals surface area contributed by atoms with Crippen LogP contribution in [0.3, 0.4) is 0 Å². The molecule has 8 heteroatoms. The van der Waals surface area contributed by atoms with E-state index in [1.807, 2.05) is 20.9 Å². The molecule has 0 aliphatic heterocycles. The first-order valence-corrected chi connectivity index (χ1v) is 8.84. The summed E-state index contributed by atoms with van der Waals surface area (Å²) in [5.41, 5.74) is 4.24. The van der Waals surface area contributed by atoms with E-state index in [-0.39, 0.29) is 23.5 Å². The zero-order chi connectivity index (χ0) is 19.8. The summed E-state index contributed by atoms with van der Waals surface area (Å²) in [5.74, 6) is -0.611. The minimum absolute atomic E-state index is 0.212. The van der Waals surface area contributed by atoms with Crippen molar-refractivity contribution in [2.45, 2.75) is 19.9 Å². The monoisotopic (exact) mass is 378 g/mol. The Morgan fingerprint density at radius 3 is 2.64 bits per heavy atom. The average molecular weight is 378 g/mol. The third-order valence-electron chi connectivity index (χ3n) is 4.82. The van der Waals surface area contributed by atoms with E-state index in [0.29, 0.717) is 5.65 Å². The Kier molecular flexibility index (Phi) is 4.38. The molecule has 0 unspecified atom stereocenters. The number of hydrogen-bond acceptors (Lipinski definition) is 4. The van der Waals surface area contributed by atoms with Crippen molar-refractivity contribution in [3.05, 3.63) is 71.6 Å². The molecule has 0 saturated heterocycles. The number of carbonyl (C=O) groups excluding carboxylic acids is 1. The maximum Gasteiger partial charge on any atom is 0.272 e. The fourth-order valence-corrected chi connectivity index (χ4v) is 3.13. The molecular formula is C20H19FN6O. The van der Waals surface area contributed by atoms with Gasteiger partial charge in [0.1, 0.15) is 5.82 Å². The highest BCUT2D eigenvalue weighted by Gasteiger charge is 2.19. The van der Waals surface area contributed by atoms with Crippen molar-refractivity contribution in [2.24, 2.45) is 7.05 Å². The van der Waals surface area contributed by atoms with Gasteiger partial charge < -0.3 is 5.32 Å². The maximum atomic E-state index is 13.2. The summed E-state index contributed by atoms with van der Waals surface area (Å²) < 4.78 is 16.6. The van der Waals surface area contributed by atoms with Crippen LogP contribution in [-0.4, -0.2) is 30.3 Å². The Morgan fingerprint density at radius 1 is 1.21 bits per heavy atom. The highest BCUT2D eigenvalue weighted by Crippen LogP contribution is 2.21. The molecular weight excluding hydrogens is 359 g/mol. The van der Waals surface area contributed by atoms with Gasteiger partial charge in [0.15, 0.2) is 11.3 Å². The normalized spacial score (nSPS) is 12.3. The smallest absolute Gasteiger partial charge is 0.272 e. The van der Waals surface area contributed by atoms with Crippen molar-refractivity contribution in [1.29, 1.82) is 0 Å². The van der Waals surface area contributed by atoms with Crippen molar-refractivity contribution in [3.8, 4) is 11.3 Å². The van der Waals surface area contributed by atoms with Crippen molar-refractivity contribution >= 4 is 11.6 Å². The van der Waals surface area contributed by atoms with Gasteiger partial charge in [0.25, 0.3) is 5.91 Å². The highest BCUT2D eigenvalue weighted by molar-refractivity contribution is 5.93. The molecule has 142 valence electrons. The molecule has 4 rings (SSSR count). The molecule has 1 atom stereocenters. The lowest BCUT2D eigenvalue weighted by atomic mass is 10.1. The molecule has 3 aromatic heterocycles. The Labute approximate surface area is 160 Å². The molecule has 28 heavy (non-hydrogen) atoms. The van der Waals surface area contributed by atoms with Crippen molar-refractivity contribution in [1.82, 2.24) is 29.7 Å². The van der Waals surface area contributed by atoms with Crippen molar-refractivity contribution < 1.29 is 9.18 Å². The predicted molar refractivity (Wildman–Crippen MR) is 102 cm³/mol. The summed E-state index contributed by atoms with van der Waals surface area (Å²) in [7, 11) is 1.86. The molecule has 7 nitrogen and oxygen atoms in total. The lowest BCUT2D eigenvalue weighted by Crippen LogP contribution is -2.27. The SMILES string of the molecule is Cc1c([C@@H](C)NC(=O)c2cc3nccc(-c4ccc(F)cc4)n3n2)cnn1C. The number of aryl methyl sites for hydroxylation is 1. The van der Waals surface area contributed by atoms with Crippen LogP contribution in [-0.2, 0) is 7.05 Å². The van der Waals surface area contributed by atoms with Crippen LogP contribution >= 0.6 is 0 Å². The van der Waals surface area contributed by atoms with Crippen LogP contribution in [0.25, 0.3) is 16.9 Å². The van der Waals surface area contributed by atoms with Gasteiger partial charge in [-0.2, -0.15) is 10.2 Å². The average Bonchev–Trinajstić information content (AvgIpc) is 3.26. The minimum Gasteiger partial charge on any atom is -0.344 e. The largest absolute Gasteiger partial charge is 0.344 e. The van der Waals surface area contributed by atoms with E-state index in [2.05, 4.69) is 20.5 Å². The second-order valence-corrected chi connectivity index (χ2v) is 6.64. The number of nitrogens with one attached hydrogen (secondary N) is 1. The van der Waals surface area contributed by atoms with Crippen LogP contribution in [0, 0.1) is 12.7 Å². The van der Waals surface area contributed by atoms with Crippen LogP contribution in [0.2, 0.25) is 0 Å². The van der Waals surface area contributed by atoms with E-state index in [1.54, 1.807) is 45.9 Å². The maximum absolute atomic E-state index is 13.2. The fraction of sp³-hybridized carbons (Fsp3) is 0.200. The van der Waals surface area contributed by atoms with Crippen LogP contribution in [0.1, 0.15) is 34.7 Å². The molecule has 1 N–H and O–H groups in total. The van der Waals surface area contributed by atoms with E-state index in [0.717, 1.165) is 22.5 Å². The molecule has 0 saturated carbocycles. The van der Waals surface area contributed by atoms with Crippen LogP contribution < -0.4 is 5.32 Å². The summed E-state index contributed by atoms with van der Waals surface area (Å²) in [5, 5.41) is 11.6. The zero-order valence-electron chi connectivity index (χ0n) is 15.7. The summed E-state index contributed by atoms with van der Waals surface area (Å²) in [6.45, 7) is 3.86. The standard InChI is InChI=1S/C20H19FN6O/c1-12(16-11-23-26(3)13(16)2)24-20(28)17-10-19-22-9-8-18(27(19)25-17)14-4-6-15(21)7-5-14/h4-12H,1-3H3,(H,24,28)/t12-/m1/s1. The number of amides is 1. The fourth-order valence-electron chi connectivity index (χ4n) is 3.13. The first-order chi connectivity index (χ1) is 13.4. The predicted octanol–water partition coefficient (Wildman–Crippen LogP) is 3.07. The molecule has 0 aliphatic rings. The number of hydrogen-bond donors (Lipinski definition) is 1. The van der Waals surface area contributed by atoms with Gasteiger partial charge in [0.2, 0.25) is 0 Å². The lowest BCUT2D eigenvalue weighted by molar-refractivity contribution is 0.0934. The lowest BCUT2D eigenvalue weighted by Gasteiger charge is -2.12. The number of carbonyl (C=O) groups is 1. The van der Waals surface area contributed by atoms with Crippen molar-refractivity contribution in [3.63, 3.8) is 0 Å². The van der Waals surface area contributed by atoms with Gasteiger partial charge in [-0.1, -0.05) is 0 Å². The molecule has 3 heterocycles. The number of nitrogens with zero attached hydrogens (tertiary/aromatic N) is 5. The number of rotatable bonds is 4. The molecule has 0 radical (unpaired) electrons. The first kappa shape index (κ1) is 17.8. The molecule has 0 bridgehead atoms. The second kappa shape index (κ2) is 6.88. The Balaban J connectivity index is 1.64. The summed E-state index contributed by atoms with van der Waals surface area (Å²) in [4.78, 5) is 17.0. The van der Waals surface area contributed by atoms with E-state index in [4.69, 9.17) is 0 Å². The van der Waals surface area contributed by atoms with Crippen LogP contribution in [0.15, 0.2) is 48.8 Å². The third-order valence-corrected chi connectivity index (χ3v) is 4.82. The van der Waals surface area contributed by atoms with E-state index < -0.39 is 0 Å². The van der Waals surface area contributed by atoms with Gasteiger partial charge in [-0.15, -0.1) is 0 Å². The molecule has 0 spiro atoms. The number of fused-ring (bicyclic) bond motifs is 1. The van der Waals surface area contributed by atoms with Gasteiger partial charge in [0.05, 0.1) is 17.9 Å². The molecule has 4 aromatic rings. The molecule has 1 amide bonds. The van der Waals surface area contributed by atoms with Crippen molar-refractivity contribution in [2.75, 3.05) is 0 Å². The summed E-state index contributed by atoms with van der Waals surface area (Å²) >= 11 is 0. The number of aromatic nitrogens is 5. The first-order valence-electron chi connectivity index (χ1n) is 8.84. The topological polar surface area (TPSA) is 77.1 Å². The van der Waals surface area contributed by atoms with E-state index in [9.17, 15) is 9.18 Å². The minimum atomic E-state index is -0.311. The van der Waals surface area contributed by atoms with E-state index in [1.165, 1.54) is 12.1 Å². The Bertz CT molecular complexity index is 1160. The molecule has 1 aromatic carbocycles. The zero-order valence-corrected chi connectivity index (χ0v) is 15.7. The van der Waals surface area contributed by atoms with Crippen LogP contribution in [0.4, 0.5) is 4.39 Å². The Hall–Kier alpha value is -3.55. The quantitative estimate of drug-likeness (QED) is 0.592. The summed E-state index contributed by atoms with van der Waals surface area (Å²) in [6, 6.07) is 9.29. The summed E-state index contributed by atoms with van der Waals surface area (Å²) in [6.07, 6.45) is 3.39. The van der Waals surface area contributed by atoms with Gasteiger partial charge in [0, 0.05) is 36.1 Å². The third kappa shape index (κ3) is 3.13. The molecule has 0 aliphatic carbocycles. The van der Waals surface area contributed by atoms with E-state index >= 15 is 0 Å². The van der Waals surface area contributed by atoms with Crippen LogP contribution in [0.5, 0.6) is 0 Å². The second-order valence-electron chi connectivity index (χ2n) is 6.64. The van der Waals surface area contributed by atoms with Gasteiger partial charge in [-0.05, 0) is 44.2 Å². The molecule has 0 fully saturated rings. The number of benzene rings is 1.